The molecule has 0 atom stereocenters. The summed E-state index contributed by atoms with van der Waals surface area (Å²) in [4.78, 5) is 17.2. The molecule has 0 saturated carbocycles. The Balaban J connectivity index is 2.32. The lowest BCUT2D eigenvalue weighted by atomic mass is 10.1. The van der Waals surface area contributed by atoms with E-state index in [1.165, 1.54) is 12.3 Å². The molecule has 4 N–H and O–H groups in total. The van der Waals surface area contributed by atoms with E-state index in [0.717, 1.165) is 0 Å². The zero-order chi connectivity index (χ0) is 15.6. The molecule has 2 aromatic rings. The summed E-state index contributed by atoms with van der Waals surface area (Å²) in [5.41, 5.74) is 6.50. The van der Waals surface area contributed by atoms with Gasteiger partial charge in [-0.1, -0.05) is 0 Å². The standard InChI is InChI=1S/C13H15N5O3/c1-7(2)17-13(15)21-12(14)8-3-4-10-9(5-8)11(6-16-10)18(19)20/h3-7,14,16H,1-2H3,(H2,15,17). The van der Waals surface area contributed by atoms with Crippen LogP contribution in [-0.4, -0.2) is 27.9 Å². The molecule has 0 unspecified atom stereocenters. The summed E-state index contributed by atoms with van der Waals surface area (Å²) in [5, 5.41) is 19.2. The Morgan fingerprint density at radius 2 is 2.24 bits per heavy atom. The summed E-state index contributed by atoms with van der Waals surface area (Å²) < 4.78 is 5.10. The molecule has 0 aliphatic heterocycles. The lowest BCUT2D eigenvalue weighted by Crippen LogP contribution is -2.22. The van der Waals surface area contributed by atoms with Gasteiger partial charge in [-0.25, -0.2) is 4.99 Å². The lowest BCUT2D eigenvalue weighted by Gasteiger charge is -2.07. The van der Waals surface area contributed by atoms with E-state index in [1.54, 1.807) is 12.1 Å². The molecule has 2 rings (SSSR count). The first kappa shape index (κ1) is 14.5. The molecule has 110 valence electrons. The molecule has 0 amide bonds. The summed E-state index contributed by atoms with van der Waals surface area (Å²) in [6, 6.07) is 4.61. The molecular formula is C13H15N5O3. The van der Waals surface area contributed by atoms with Crippen LogP contribution in [0.2, 0.25) is 0 Å². The minimum Gasteiger partial charge on any atom is -0.407 e. The number of aromatic nitrogens is 1. The maximum atomic E-state index is 10.9. The van der Waals surface area contributed by atoms with Gasteiger partial charge in [0.25, 0.3) is 11.7 Å². The van der Waals surface area contributed by atoms with Crippen molar-refractivity contribution in [3.63, 3.8) is 0 Å². The van der Waals surface area contributed by atoms with Crippen molar-refractivity contribution in [2.75, 3.05) is 0 Å². The molecule has 0 radical (unpaired) electrons. The Hall–Kier alpha value is -2.90. The zero-order valence-electron chi connectivity index (χ0n) is 11.6. The average Bonchev–Trinajstić information content (AvgIpc) is 2.80. The first-order valence-corrected chi connectivity index (χ1v) is 6.24. The van der Waals surface area contributed by atoms with Gasteiger partial charge >= 0.3 is 0 Å². The van der Waals surface area contributed by atoms with E-state index in [4.69, 9.17) is 15.9 Å². The van der Waals surface area contributed by atoms with Gasteiger partial charge in [0.15, 0.2) is 0 Å². The van der Waals surface area contributed by atoms with Crippen molar-refractivity contribution in [2.24, 2.45) is 10.7 Å². The van der Waals surface area contributed by atoms with Crippen molar-refractivity contribution in [2.45, 2.75) is 19.9 Å². The van der Waals surface area contributed by atoms with Gasteiger partial charge in [0.05, 0.1) is 22.0 Å². The summed E-state index contributed by atoms with van der Waals surface area (Å²) in [7, 11) is 0. The van der Waals surface area contributed by atoms with Crippen molar-refractivity contribution in [3.05, 3.63) is 40.1 Å². The summed E-state index contributed by atoms with van der Waals surface area (Å²) in [5.74, 6) is -0.214. The second kappa shape index (κ2) is 5.61. The molecule has 0 bridgehead atoms. The van der Waals surface area contributed by atoms with Gasteiger partial charge in [-0.3, -0.25) is 15.5 Å². The molecular weight excluding hydrogens is 274 g/mol. The van der Waals surface area contributed by atoms with Crippen LogP contribution < -0.4 is 5.73 Å². The van der Waals surface area contributed by atoms with Gasteiger partial charge < -0.3 is 15.5 Å². The number of benzene rings is 1. The maximum Gasteiger partial charge on any atom is 0.294 e. The molecule has 1 aromatic carbocycles. The van der Waals surface area contributed by atoms with E-state index >= 15 is 0 Å². The number of nitro groups is 1. The summed E-state index contributed by atoms with van der Waals surface area (Å²) in [6.45, 7) is 3.66. The number of fused-ring (bicyclic) bond motifs is 1. The number of rotatable bonds is 3. The van der Waals surface area contributed by atoms with E-state index in [2.05, 4.69) is 9.98 Å². The van der Waals surface area contributed by atoms with Crippen LogP contribution in [0.1, 0.15) is 19.4 Å². The van der Waals surface area contributed by atoms with Crippen LogP contribution in [0.15, 0.2) is 29.4 Å². The van der Waals surface area contributed by atoms with E-state index in [9.17, 15) is 10.1 Å². The first-order valence-electron chi connectivity index (χ1n) is 6.24. The van der Waals surface area contributed by atoms with Crippen LogP contribution in [0.4, 0.5) is 5.69 Å². The number of aliphatic imine (C=N–C) groups is 1. The summed E-state index contributed by atoms with van der Waals surface area (Å²) in [6.07, 6.45) is 1.31. The second-order valence-electron chi connectivity index (χ2n) is 4.68. The van der Waals surface area contributed by atoms with Crippen LogP contribution in [-0.2, 0) is 4.74 Å². The van der Waals surface area contributed by atoms with Gasteiger partial charge in [0.1, 0.15) is 0 Å². The highest BCUT2D eigenvalue weighted by Gasteiger charge is 2.16. The Morgan fingerprint density at radius 3 is 2.86 bits per heavy atom. The smallest absolute Gasteiger partial charge is 0.294 e. The number of nitrogens with one attached hydrogen (secondary N) is 2. The molecule has 0 spiro atoms. The molecule has 8 nitrogen and oxygen atoms in total. The van der Waals surface area contributed by atoms with Gasteiger partial charge in [-0.2, -0.15) is 0 Å². The molecule has 8 heteroatoms. The van der Waals surface area contributed by atoms with Crippen LogP contribution in [0.25, 0.3) is 10.9 Å². The molecule has 1 heterocycles. The number of nitrogens with two attached hydrogens (primary N) is 1. The fourth-order valence-electron chi connectivity index (χ4n) is 1.84. The third kappa shape index (κ3) is 3.16. The van der Waals surface area contributed by atoms with Crippen LogP contribution in [0, 0.1) is 15.5 Å². The molecule has 1 aromatic heterocycles. The number of nitrogens with zero attached hydrogens (tertiary/aromatic N) is 2. The molecule has 0 fully saturated rings. The van der Waals surface area contributed by atoms with Crippen LogP contribution in [0.3, 0.4) is 0 Å². The van der Waals surface area contributed by atoms with Gasteiger partial charge in [-0.05, 0) is 32.0 Å². The predicted octanol–water partition coefficient (Wildman–Crippen LogP) is 2.14. The molecule has 0 aliphatic carbocycles. The number of amidine groups is 1. The number of ether oxygens (including phenoxy) is 1. The van der Waals surface area contributed by atoms with Crippen LogP contribution in [0.5, 0.6) is 0 Å². The summed E-state index contributed by atoms with van der Waals surface area (Å²) >= 11 is 0. The number of H-pyrrole nitrogens is 1. The lowest BCUT2D eigenvalue weighted by molar-refractivity contribution is -0.383. The second-order valence-corrected chi connectivity index (χ2v) is 4.68. The average molecular weight is 289 g/mol. The maximum absolute atomic E-state index is 10.9. The van der Waals surface area contributed by atoms with Gasteiger partial charge in [-0.15, -0.1) is 0 Å². The van der Waals surface area contributed by atoms with Crippen molar-refractivity contribution in [1.82, 2.24) is 4.98 Å². The van der Waals surface area contributed by atoms with Gasteiger partial charge in [0.2, 0.25) is 5.90 Å². The SMILES string of the molecule is CC(C)N=C(N)OC(=N)c1ccc2[nH]cc([N+](=O)[O-])c2c1. The van der Waals surface area contributed by atoms with Crippen molar-refractivity contribution >= 4 is 28.5 Å². The predicted molar refractivity (Wildman–Crippen MR) is 79.6 cm³/mol. The monoisotopic (exact) mass is 289 g/mol. The van der Waals surface area contributed by atoms with Crippen molar-refractivity contribution in [1.29, 1.82) is 5.41 Å². The number of aromatic amines is 1. The fraction of sp³-hybridized carbons (Fsp3) is 0.231. The minimum atomic E-state index is -0.484. The highest BCUT2D eigenvalue weighted by molar-refractivity contribution is 6.02. The van der Waals surface area contributed by atoms with Crippen LogP contribution >= 0.6 is 0 Å². The highest BCUT2D eigenvalue weighted by Crippen LogP contribution is 2.26. The Bertz CT molecular complexity index is 732. The Kier molecular flexibility index (Phi) is 3.88. The molecule has 0 saturated heterocycles. The Labute approximate surface area is 120 Å². The minimum absolute atomic E-state index is 0.0500. The third-order valence-corrected chi connectivity index (χ3v) is 2.71. The number of hydrogen-bond donors (Lipinski definition) is 3. The van der Waals surface area contributed by atoms with E-state index in [1.807, 2.05) is 13.8 Å². The Morgan fingerprint density at radius 1 is 1.52 bits per heavy atom. The topological polar surface area (TPSA) is 130 Å². The van der Waals surface area contributed by atoms with Gasteiger partial charge in [0, 0.05) is 11.6 Å². The largest absolute Gasteiger partial charge is 0.407 e. The highest BCUT2D eigenvalue weighted by atomic mass is 16.6. The van der Waals surface area contributed by atoms with E-state index < -0.39 is 4.92 Å². The quantitative estimate of drug-likeness (QED) is 0.346. The van der Waals surface area contributed by atoms with E-state index in [-0.39, 0.29) is 23.6 Å². The molecule has 21 heavy (non-hydrogen) atoms. The van der Waals surface area contributed by atoms with E-state index in [0.29, 0.717) is 16.5 Å². The zero-order valence-corrected chi connectivity index (χ0v) is 11.6. The van der Waals surface area contributed by atoms with Crippen molar-refractivity contribution in [3.8, 4) is 0 Å². The third-order valence-electron chi connectivity index (χ3n) is 2.71. The first-order chi connectivity index (χ1) is 9.88. The van der Waals surface area contributed by atoms with Crippen molar-refractivity contribution < 1.29 is 9.66 Å². The number of hydrogen-bond acceptors (Lipinski definition) is 5. The normalized spacial score (nSPS) is 11.9. The fourth-order valence-corrected chi connectivity index (χ4v) is 1.84. The molecule has 0 aliphatic rings.